The molecule has 2 N–H and O–H groups in total. The Morgan fingerprint density at radius 2 is 1.44 bits per heavy atom. The molecule has 0 aromatic rings. The Kier molecular flexibility index (Phi) is 14.1. The number of hydrogen-bond acceptors (Lipinski definition) is 5. The summed E-state index contributed by atoms with van der Waals surface area (Å²) in [4.78, 5) is 24.3. The van der Waals surface area contributed by atoms with Crippen molar-refractivity contribution in [1.82, 2.24) is 0 Å². The topological polar surface area (TPSA) is 78.6 Å². The standard InChI is InChI=1S/C9H14NO4.3C4H9.Sn/c1-4-9(10,8(12)13-3)6-7(11)14-5-2;3*1-3-4-2;/h1,4H,5-6,10H2,2-3H3;3*1,3-4H2,2H3;/t9-;;;;/m0..../s1. The molecule has 0 aliphatic heterocycles. The van der Waals surface area contributed by atoms with E-state index in [4.69, 9.17) is 15.2 Å². The van der Waals surface area contributed by atoms with E-state index in [1.165, 1.54) is 58.9 Å². The molecule has 0 rings (SSSR count). The number of hydrogen-bond donors (Lipinski definition) is 1. The molecule has 0 aromatic carbocycles. The van der Waals surface area contributed by atoms with Gasteiger partial charge in [-0.15, -0.1) is 0 Å². The Morgan fingerprint density at radius 3 is 1.81 bits per heavy atom. The molecule has 6 heteroatoms. The molecule has 5 nitrogen and oxygen atoms in total. The van der Waals surface area contributed by atoms with Gasteiger partial charge in [0, 0.05) is 0 Å². The molecule has 0 amide bonds. The SMILES string of the molecule is CCC[CH2][Sn](/[CH]=C/[C@](N)(CC(=O)OCC)C(=O)OC)([CH2]CCC)[CH2]CCC. The van der Waals surface area contributed by atoms with E-state index in [0.29, 0.717) is 0 Å². The van der Waals surface area contributed by atoms with Gasteiger partial charge in [-0.25, -0.2) is 0 Å². The summed E-state index contributed by atoms with van der Waals surface area (Å²) in [6.07, 6.45) is 8.83. The zero-order chi connectivity index (χ0) is 20.8. The van der Waals surface area contributed by atoms with E-state index in [0.717, 1.165) is 0 Å². The molecule has 0 aromatic heterocycles. The zero-order valence-electron chi connectivity index (χ0n) is 18.1. The van der Waals surface area contributed by atoms with Gasteiger partial charge in [-0.1, -0.05) is 0 Å². The van der Waals surface area contributed by atoms with Crippen LogP contribution in [-0.4, -0.2) is 49.6 Å². The van der Waals surface area contributed by atoms with Crippen molar-refractivity contribution in [3.63, 3.8) is 0 Å². The summed E-state index contributed by atoms with van der Waals surface area (Å²) < 4.78 is 16.1. The third-order valence-corrected chi connectivity index (χ3v) is 19.2. The Hall–Kier alpha value is -0.561. The number of carbonyl (C=O) groups is 2. The summed E-state index contributed by atoms with van der Waals surface area (Å²) in [5, 5.41) is 0. The minimum atomic E-state index is -2.60. The molecule has 0 heterocycles. The van der Waals surface area contributed by atoms with E-state index >= 15 is 0 Å². The first-order valence-corrected chi connectivity index (χ1v) is 18.3. The number of rotatable bonds is 15. The van der Waals surface area contributed by atoms with E-state index in [9.17, 15) is 9.59 Å². The average Bonchev–Trinajstić information content (AvgIpc) is 2.66. The van der Waals surface area contributed by atoms with Crippen LogP contribution < -0.4 is 5.73 Å². The molecule has 0 fully saturated rings. The number of methoxy groups -OCH3 is 1. The van der Waals surface area contributed by atoms with Crippen molar-refractivity contribution in [2.45, 2.75) is 91.5 Å². The monoisotopic (exact) mass is 491 g/mol. The molecule has 27 heavy (non-hydrogen) atoms. The first-order chi connectivity index (χ1) is 12.8. The van der Waals surface area contributed by atoms with Crippen LogP contribution in [0, 0.1) is 0 Å². The molecular weight excluding hydrogens is 449 g/mol. The van der Waals surface area contributed by atoms with Gasteiger partial charge in [-0.3, -0.25) is 0 Å². The van der Waals surface area contributed by atoms with Crippen LogP contribution in [0.2, 0.25) is 13.3 Å². The van der Waals surface area contributed by atoms with Crippen molar-refractivity contribution in [2.75, 3.05) is 13.7 Å². The second kappa shape index (κ2) is 14.4. The maximum absolute atomic E-state index is 12.3. The molecule has 0 unspecified atom stereocenters. The molecular formula is C21H41NO4Sn. The van der Waals surface area contributed by atoms with Crippen LogP contribution in [-0.2, 0) is 19.1 Å². The fraction of sp³-hybridized carbons (Fsp3) is 0.810. The molecule has 0 bridgehead atoms. The van der Waals surface area contributed by atoms with E-state index < -0.39 is 35.9 Å². The Labute approximate surface area is 170 Å². The zero-order valence-corrected chi connectivity index (χ0v) is 21.0. The summed E-state index contributed by atoms with van der Waals surface area (Å²) in [7, 11) is 1.31. The van der Waals surface area contributed by atoms with Crippen molar-refractivity contribution in [1.29, 1.82) is 0 Å². The number of unbranched alkanes of at least 4 members (excludes halogenated alkanes) is 3. The predicted molar refractivity (Wildman–Crippen MR) is 114 cm³/mol. The van der Waals surface area contributed by atoms with Gasteiger partial charge in [0.05, 0.1) is 0 Å². The average molecular weight is 490 g/mol. The van der Waals surface area contributed by atoms with Gasteiger partial charge in [-0.05, 0) is 0 Å². The van der Waals surface area contributed by atoms with Crippen LogP contribution in [0.15, 0.2) is 10.2 Å². The summed E-state index contributed by atoms with van der Waals surface area (Å²) in [6.45, 7) is 8.69. The summed E-state index contributed by atoms with van der Waals surface area (Å²) in [5.74, 6) is -1.04. The summed E-state index contributed by atoms with van der Waals surface area (Å²) in [6, 6.07) is 0. The fourth-order valence-electron chi connectivity index (χ4n) is 3.38. The molecule has 1 atom stereocenters. The Morgan fingerprint density at radius 1 is 0.963 bits per heavy atom. The second-order valence-electron chi connectivity index (χ2n) is 7.52. The van der Waals surface area contributed by atoms with Crippen LogP contribution in [0.4, 0.5) is 0 Å². The van der Waals surface area contributed by atoms with Crippen LogP contribution in [0.5, 0.6) is 0 Å². The third kappa shape index (κ3) is 9.97. The van der Waals surface area contributed by atoms with Gasteiger partial charge < -0.3 is 0 Å². The molecule has 0 saturated heterocycles. The minimum absolute atomic E-state index is 0.179. The normalized spacial score (nSPS) is 14.1. The summed E-state index contributed by atoms with van der Waals surface area (Å²) in [5.41, 5.74) is 4.91. The van der Waals surface area contributed by atoms with Gasteiger partial charge in [0.1, 0.15) is 0 Å². The molecule has 0 spiro atoms. The first-order valence-electron chi connectivity index (χ1n) is 10.6. The maximum atomic E-state index is 12.3. The van der Waals surface area contributed by atoms with E-state index in [-0.39, 0.29) is 13.0 Å². The Balaban J connectivity index is 5.71. The van der Waals surface area contributed by atoms with Crippen LogP contribution >= 0.6 is 0 Å². The first kappa shape index (κ1) is 26.4. The van der Waals surface area contributed by atoms with Gasteiger partial charge in [0.15, 0.2) is 0 Å². The fourth-order valence-corrected chi connectivity index (χ4v) is 17.9. The van der Waals surface area contributed by atoms with Crippen molar-refractivity contribution in [2.24, 2.45) is 5.73 Å². The van der Waals surface area contributed by atoms with Crippen LogP contribution in [0.1, 0.15) is 72.6 Å². The number of nitrogens with two attached hydrogens (primary N) is 1. The third-order valence-electron chi connectivity index (χ3n) is 5.13. The van der Waals surface area contributed by atoms with Gasteiger partial charge in [-0.2, -0.15) is 0 Å². The summed E-state index contributed by atoms with van der Waals surface area (Å²) >= 11 is -2.60. The van der Waals surface area contributed by atoms with E-state index in [1.54, 1.807) is 13.0 Å². The van der Waals surface area contributed by atoms with Gasteiger partial charge >= 0.3 is 170 Å². The quantitative estimate of drug-likeness (QED) is 0.265. The van der Waals surface area contributed by atoms with Crippen LogP contribution in [0.25, 0.3) is 0 Å². The molecule has 0 radical (unpaired) electrons. The number of carbonyl (C=O) groups excluding carboxylic acids is 2. The van der Waals surface area contributed by atoms with Crippen LogP contribution in [0.3, 0.4) is 0 Å². The van der Waals surface area contributed by atoms with Gasteiger partial charge in [0.2, 0.25) is 0 Å². The molecule has 0 aliphatic carbocycles. The van der Waals surface area contributed by atoms with Crippen molar-refractivity contribution < 1.29 is 19.1 Å². The van der Waals surface area contributed by atoms with Crippen molar-refractivity contribution in [3.8, 4) is 0 Å². The van der Waals surface area contributed by atoms with E-state index in [1.807, 2.05) is 0 Å². The predicted octanol–water partition coefficient (Wildman–Crippen LogP) is 4.75. The second-order valence-corrected chi connectivity index (χ2v) is 20.5. The number of ether oxygens (including phenoxy) is 2. The van der Waals surface area contributed by atoms with Gasteiger partial charge in [0.25, 0.3) is 0 Å². The molecule has 0 saturated carbocycles. The van der Waals surface area contributed by atoms with Crippen molar-refractivity contribution >= 4 is 30.3 Å². The number of esters is 2. The molecule has 0 aliphatic rings. The van der Waals surface area contributed by atoms with Crippen molar-refractivity contribution in [3.05, 3.63) is 10.2 Å². The Bertz CT molecular complexity index is 445. The molecule has 158 valence electrons. The van der Waals surface area contributed by atoms with E-state index in [2.05, 4.69) is 24.9 Å².